The van der Waals surface area contributed by atoms with E-state index in [0.29, 0.717) is 6.54 Å². The van der Waals surface area contributed by atoms with Gasteiger partial charge in [0.05, 0.1) is 6.54 Å². The number of halogens is 3. The molecule has 0 fully saturated rings. The summed E-state index contributed by atoms with van der Waals surface area (Å²) < 4.78 is 41.1. The van der Waals surface area contributed by atoms with Crippen LogP contribution in [0.5, 0.6) is 5.75 Å². The fourth-order valence-corrected chi connectivity index (χ4v) is 2.24. The van der Waals surface area contributed by atoms with E-state index in [2.05, 4.69) is 20.7 Å². The van der Waals surface area contributed by atoms with Crippen LogP contribution in [0.3, 0.4) is 0 Å². The number of carbonyl (C=O) groups excluding carboxylic acids is 2. The Morgan fingerprint density at radius 1 is 0.929 bits per heavy atom. The van der Waals surface area contributed by atoms with Gasteiger partial charge in [-0.1, -0.05) is 48.0 Å². The summed E-state index contributed by atoms with van der Waals surface area (Å²) in [5.41, 5.74) is 2.18. The molecule has 28 heavy (non-hydrogen) atoms. The largest absolute Gasteiger partial charge is 0.573 e. The zero-order valence-corrected chi connectivity index (χ0v) is 15.1. The summed E-state index contributed by atoms with van der Waals surface area (Å²) in [4.78, 5) is 23.5. The maximum Gasteiger partial charge on any atom is 0.573 e. The van der Waals surface area contributed by atoms with E-state index in [-0.39, 0.29) is 24.4 Å². The first kappa shape index (κ1) is 21.1. The number of benzene rings is 2. The highest BCUT2D eigenvalue weighted by Crippen LogP contribution is 2.25. The Bertz CT molecular complexity index is 808. The molecule has 6 nitrogen and oxygen atoms in total. The maximum atomic E-state index is 12.4. The molecule has 0 aliphatic carbocycles. The van der Waals surface area contributed by atoms with E-state index >= 15 is 0 Å². The van der Waals surface area contributed by atoms with E-state index in [9.17, 15) is 22.8 Å². The number of amides is 3. The molecule has 0 saturated carbocycles. The fraction of sp³-hybridized carbons (Fsp3) is 0.263. The van der Waals surface area contributed by atoms with Gasteiger partial charge in [-0.25, -0.2) is 4.79 Å². The third-order valence-corrected chi connectivity index (χ3v) is 3.66. The molecule has 2 rings (SSSR count). The molecule has 0 aliphatic rings. The molecule has 0 heterocycles. The third-order valence-electron chi connectivity index (χ3n) is 3.66. The molecule has 2 aromatic rings. The molecule has 3 amide bonds. The lowest BCUT2D eigenvalue weighted by molar-refractivity contribution is -0.274. The summed E-state index contributed by atoms with van der Waals surface area (Å²) in [6.45, 7) is 1.77. The number of urea groups is 1. The normalized spacial score (nSPS) is 10.9. The molecule has 0 unspecified atom stereocenters. The van der Waals surface area contributed by atoms with Crippen molar-refractivity contribution in [1.29, 1.82) is 0 Å². The van der Waals surface area contributed by atoms with Crippen molar-refractivity contribution in [2.75, 3.05) is 6.54 Å². The second-order valence-electron chi connectivity index (χ2n) is 5.95. The molecule has 9 heteroatoms. The third kappa shape index (κ3) is 7.56. The first-order valence-electron chi connectivity index (χ1n) is 8.40. The molecule has 2 aromatic carbocycles. The van der Waals surface area contributed by atoms with Crippen LogP contribution in [0.1, 0.15) is 16.7 Å². The average molecular weight is 395 g/mol. The molecule has 0 radical (unpaired) electrons. The number of nitrogens with one attached hydrogen (secondary N) is 3. The van der Waals surface area contributed by atoms with E-state index in [4.69, 9.17) is 0 Å². The van der Waals surface area contributed by atoms with Crippen LogP contribution in [0, 0.1) is 6.92 Å². The summed E-state index contributed by atoms with van der Waals surface area (Å²) in [5, 5.41) is 7.42. The first-order valence-corrected chi connectivity index (χ1v) is 8.40. The van der Waals surface area contributed by atoms with Crippen LogP contribution in [0.25, 0.3) is 0 Å². The highest BCUT2D eigenvalue weighted by atomic mass is 19.4. The second-order valence-corrected chi connectivity index (χ2v) is 5.95. The summed E-state index contributed by atoms with van der Waals surface area (Å²) >= 11 is 0. The molecular weight excluding hydrogens is 375 g/mol. The van der Waals surface area contributed by atoms with Crippen molar-refractivity contribution < 1.29 is 27.5 Å². The van der Waals surface area contributed by atoms with Crippen LogP contribution in [-0.2, 0) is 17.9 Å². The molecule has 3 N–H and O–H groups in total. The van der Waals surface area contributed by atoms with E-state index in [1.54, 1.807) is 0 Å². The van der Waals surface area contributed by atoms with Gasteiger partial charge in [0.1, 0.15) is 5.75 Å². The van der Waals surface area contributed by atoms with Crippen molar-refractivity contribution in [3.05, 3.63) is 65.2 Å². The number of alkyl halides is 3. The van der Waals surface area contributed by atoms with Gasteiger partial charge in [-0.2, -0.15) is 0 Å². The van der Waals surface area contributed by atoms with E-state index in [1.807, 2.05) is 31.2 Å². The number of aryl methyl sites for hydroxylation is 1. The Morgan fingerprint density at radius 2 is 1.61 bits per heavy atom. The van der Waals surface area contributed by atoms with Gasteiger partial charge in [-0.05, 0) is 18.6 Å². The standard InChI is InChI=1S/C19H20F3N3O3/c1-13-6-8-14(9-7-13)10-24-18(27)25-12-17(26)23-11-15-4-2-3-5-16(15)28-19(20,21)22/h2-9H,10-12H2,1H3,(H,23,26)(H2,24,25,27). The van der Waals surface area contributed by atoms with Crippen LogP contribution < -0.4 is 20.7 Å². The lowest BCUT2D eigenvalue weighted by atomic mass is 10.1. The van der Waals surface area contributed by atoms with E-state index in [1.165, 1.54) is 18.2 Å². The van der Waals surface area contributed by atoms with Gasteiger partial charge in [0.25, 0.3) is 0 Å². The number of carbonyl (C=O) groups is 2. The highest BCUT2D eigenvalue weighted by molar-refractivity contribution is 5.83. The van der Waals surface area contributed by atoms with Crippen molar-refractivity contribution in [3.63, 3.8) is 0 Å². The van der Waals surface area contributed by atoms with Crippen LogP contribution in [0.4, 0.5) is 18.0 Å². The van der Waals surface area contributed by atoms with E-state index < -0.39 is 18.3 Å². The minimum absolute atomic E-state index is 0.164. The van der Waals surface area contributed by atoms with Gasteiger partial charge >= 0.3 is 12.4 Å². The fourth-order valence-electron chi connectivity index (χ4n) is 2.24. The summed E-state index contributed by atoms with van der Waals surface area (Å²) in [5.74, 6) is -0.939. The predicted molar refractivity (Wildman–Crippen MR) is 96.4 cm³/mol. The maximum absolute atomic E-state index is 12.4. The molecule has 0 aromatic heterocycles. The molecule has 0 atom stereocenters. The van der Waals surface area contributed by atoms with Crippen molar-refractivity contribution in [1.82, 2.24) is 16.0 Å². The van der Waals surface area contributed by atoms with Crippen molar-refractivity contribution >= 4 is 11.9 Å². The molecule has 0 spiro atoms. The SMILES string of the molecule is Cc1ccc(CNC(=O)NCC(=O)NCc2ccccc2OC(F)(F)F)cc1. The number of para-hydroxylation sites is 1. The van der Waals surface area contributed by atoms with Gasteiger partial charge in [-0.15, -0.1) is 13.2 Å². The average Bonchev–Trinajstić information content (AvgIpc) is 2.64. The van der Waals surface area contributed by atoms with Gasteiger partial charge in [0, 0.05) is 18.7 Å². The Balaban J connectivity index is 1.74. The van der Waals surface area contributed by atoms with Crippen LogP contribution in [0.2, 0.25) is 0 Å². The number of rotatable bonds is 7. The van der Waals surface area contributed by atoms with Gasteiger partial charge in [0.2, 0.25) is 5.91 Å². The Morgan fingerprint density at radius 3 is 2.29 bits per heavy atom. The van der Waals surface area contributed by atoms with Crippen LogP contribution >= 0.6 is 0 Å². The monoisotopic (exact) mass is 395 g/mol. The van der Waals surface area contributed by atoms with Crippen LogP contribution in [0.15, 0.2) is 48.5 Å². The van der Waals surface area contributed by atoms with Crippen molar-refractivity contribution in [3.8, 4) is 5.75 Å². The number of ether oxygens (including phenoxy) is 1. The Labute approximate surface area is 160 Å². The molecule has 150 valence electrons. The minimum atomic E-state index is -4.82. The number of hydrogen-bond donors (Lipinski definition) is 3. The summed E-state index contributed by atoms with van der Waals surface area (Å²) in [7, 11) is 0. The molecule has 0 aliphatic heterocycles. The topological polar surface area (TPSA) is 79.5 Å². The minimum Gasteiger partial charge on any atom is -0.405 e. The van der Waals surface area contributed by atoms with Gasteiger partial charge in [0.15, 0.2) is 0 Å². The van der Waals surface area contributed by atoms with Gasteiger partial charge < -0.3 is 20.7 Å². The second kappa shape index (κ2) is 9.63. The zero-order chi connectivity index (χ0) is 20.6. The van der Waals surface area contributed by atoms with Crippen LogP contribution in [-0.4, -0.2) is 24.8 Å². The molecule has 0 bridgehead atoms. The Hall–Kier alpha value is -3.23. The van der Waals surface area contributed by atoms with Gasteiger partial charge in [-0.3, -0.25) is 4.79 Å². The Kier molecular flexibility index (Phi) is 7.25. The zero-order valence-electron chi connectivity index (χ0n) is 15.1. The summed E-state index contributed by atoms with van der Waals surface area (Å²) in [6.07, 6.45) is -4.82. The highest BCUT2D eigenvalue weighted by Gasteiger charge is 2.31. The smallest absolute Gasteiger partial charge is 0.405 e. The predicted octanol–water partition coefficient (Wildman–Crippen LogP) is 3.01. The quantitative estimate of drug-likeness (QED) is 0.674. The van der Waals surface area contributed by atoms with E-state index in [0.717, 1.165) is 17.2 Å². The number of hydrogen-bond acceptors (Lipinski definition) is 3. The first-order chi connectivity index (χ1) is 13.2. The molecular formula is C19H20F3N3O3. The van der Waals surface area contributed by atoms with Crippen molar-refractivity contribution in [2.45, 2.75) is 26.4 Å². The van der Waals surface area contributed by atoms with Crippen molar-refractivity contribution in [2.24, 2.45) is 0 Å². The molecule has 0 saturated heterocycles. The lowest BCUT2D eigenvalue weighted by Crippen LogP contribution is -2.41. The summed E-state index contributed by atoms with van der Waals surface area (Å²) in [6, 6.07) is 12.6. The lowest BCUT2D eigenvalue weighted by Gasteiger charge is -2.14.